The van der Waals surface area contributed by atoms with Crippen LogP contribution in [0, 0.1) is 11.7 Å². The van der Waals surface area contributed by atoms with E-state index in [9.17, 15) is 14.0 Å². The minimum atomic E-state index is -0.572. The van der Waals surface area contributed by atoms with Gasteiger partial charge in [0.2, 0.25) is 5.91 Å². The summed E-state index contributed by atoms with van der Waals surface area (Å²) in [4.78, 5) is 25.4. The summed E-state index contributed by atoms with van der Waals surface area (Å²) >= 11 is 0. The van der Waals surface area contributed by atoms with Gasteiger partial charge in [-0.25, -0.2) is 4.39 Å². The van der Waals surface area contributed by atoms with Gasteiger partial charge in [-0.15, -0.1) is 0 Å². The van der Waals surface area contributed by atoms with Gasteiger partial charge in [-0.2, -0.15) is 0 Å². The maximum Gasteiger partial charge on any atom is 0.223 e. The van der Waals surface area contributed by atoms with Crippen molar-refractivity contribution >= 4 is 11.7 Å². The lowest BCUT2D eigenvalue weighted by atomic mass is 10.1. The Hall–Kier alpha value is -1.91. The van der Waals surface area contributed by atoms with Crippen molar-refractivity contribution in [3.8, 4) is 5.75 Å². The molecular formula is C15H18FNO3. The largest absolute Gasteiger partial charge is 0.494 e. The third-order valence-corrected chi connectivity index (χ3v) is 3.68. The molecule has 1 aromatic rings. The van der Waals surface area contributed by atoms with Crippen LogP contribution in [0.25, 0.3) is 0 Å². The van der Waals surface area contributed by atoms with Crippen LogP contribution in [0.3, 0.4) is 0 Å². The third-order valence-electron chi connectivity index (χ3n) is 3.68. The van der Waals surface area contributed by atoms with Crippen LogP contribution in [-0.2, 0) is 4.79 Å². The summed E-state index contributed by atoms with van der Waals surface area (Å²) in [6, 6.07) is 4.09. The Morgan fingerprint density at radius 2 is 2.25 bits per heavy atom. The second-order valence-corrected chi connectivity index (χ2v) is 5.03. The van der Waals surface area contributed by atoms with Crippen LogP contribution in [0.15, 0.2) is 18.2 Å². The molecule has 1 amide bonds. The van der Waals surface area contributed by atoms with Crippen molar-refractivity contribution in [2.24, 2.45) is 5.92 Å². The Morgan fingerprint density at radius 3 is 2.80 bits per heavy atom. The molecule has 0 saturated carbocycles. The number of nitrogens with zero attached hydrogens (tertiary/aromatic N) is 1. The monoisotopic (exact) mass is 279 g/mol. The lowest BCUT2D eigenvalue weighted by Crippen LogP contribution is -2.31. The third kappa shape index (κ3) is 2.98. The first kappa shape index (κ1) is 14.5. The van der Waals surface area contributed by atoms with Crippen LogP contribution >= 0.6 is 0 Å². The molecule has 1 atom stereocenters. The maximum atomic E-state index is 13.6. The van der Waals surface area contributed by atoms with Crippen LogP contribution in [0.5, 0.6) is 5.75 Å². The molecule has 20 heavy (non-hydrogen) atoms. The summed E-state index contributed by atoms with van der Waals surface area (Å²) in [6.07, 6.45) is 1.42. The molecule has 1 aliphatic rings. The zero-order valence-corrected chi connectivity index (χ0v) is 11.7. The summed E-state index contributed by atoms with van der Waals surface area (Å²) < 4.78 is 18.4. The highest BCUT2D eigenvalue weighted by Gasteiger charge is 2.29. The predicted molar refractivity (Wildman–Crippen MR) is 72.3 cm³/mol. The van der Waals surface area contributed by atoms with Gasteiger partial charge in [0.15, 0.2) is 17.3 Å². The Bertz CT molecular complexity index is 530. The van der Waals surface area contributed by atoms with Gasteiger partial charge in [-0.3, -0.25) is 9.59 Å². The molecule has 4 nitrogen and oxygen atoms in total. The van der Waals surface area contributed by atoms with Gasteiger partial charge in [-0.1, -0.05) is 13.3 Å². The number of amides is 1. The summed E-state index contributed by atoms with van der Waals surface area (Å²) in [7, 11) is 1.37. The Balaban J connectivity index is 2.05. The average Bonchev–Trinajstić information content (AvgIpc) is 2.79. The van der Waals surface area contributed by atoms with Crippen molar-refractivity contribution in [1.29, 1.82) is 0 Å². The number of halogens is 1. The quantitative estimate of drug-likeness (QED) is 0.777. The fourth-order valence-electron chi connectivity index (χ4n) is 2.38. The Labute approximate surface area is 117 Å². The molecule has 0 spiro atoms. The molecule has 0 aromatic heterocycles. The first-order valence-corrected chi connectivity index (χ1v) is 6.69. The van der Waals surface area contributed by atoms with Gasteiger partial charge < -0.3 is 9.64 Å². The second-order valence-electron chi connectivity index (χ2n) is 5.03. The number of Topliss-reactive ketones (excluding diaryl/α,β-unsaturated/α-hetero) is 1. The lowest BCUT2D eigenvalue weighted by molar-refractivity contribution is -0.127. The molecule has 0 radical (unpaired) electrons. The van der Waals surface area contributed by atoms with E-state index in [-0.39, 0.29) is 29.5 Å². The van der Waals surface area contributed by atoms with E-state index in [0.717, 1.165) is 12.5 Å². The van der Waals surface area contributed by atoms with Crippen molar-refractivity contribution in [3.63, 3.8) is 0 Å². The predicted octanol–water partition coefficient (Wildman–Crippen LogP) is 2.28. The zero-order chi connectivity index (χ0) is 14.7. The van der Waals surface area contributed by atoms with Gasteiger partial charge in [0.05, 0.1) is 13.7 Å². The summed E-state index contributed by atoms with van der Waals surface area (Å²) in [5.74, 6) is -0.402. The molecular weight excluding hydrogens is 261 g/mol. The molecule has 1 heterocycles. The Morgan fingerprint density at radius 1 is 1.50 bits per heavy atom. The highest BCUT2D eigenvalue weighted by molar-refractivity contribution is 5.99. The van der Waals surface area contributed by atoms with Crippen molar-refractivity contribution in [2.45, 2.75) is 19.8 Å². The summed E-state index contributed by atoms with van der Waals surface area (Å²) in [5.41, 5.74) is 0.260. The van der Waals surface area contributed by atoms with E-state index in [1.807, 2.05) is 6.92 Å². The standard InChI is InChI=1S/C15H18FNO3/c1-3-10-6-15(19)17(8-10)9-13(18)11-4-5-14(20-2)12(16)7-11/h4-5,7,10H,3,6,8-9H2,1-2H3. The smallest absolute Gasteiger partial charge is 0.223 e. The summed E-state index contributed by atoms with van der Waals surface area (Å²) in [6.45, 7) is 2.66. The Kier molecular flexibility index (Phi) is 4.37. The van der Waals surface area contributed by atoms with E-state index < -0.39 is 5.82 Å². The van der Waals surface area contributed by atoms with E-state index in [4.69, 9.17) is 4.74 Å². The van der Waals surface area contributed by atoms with Crippen molar-refractivity contribution in [3.05, 3.63) is 29.6 Å². The molecule has 1 aliphatic heterocycles. The molecule has 1 aromatic carbocycles. The number of carbonyl (C=O) groups excluding carboxylic acids is 2. The number of ketones is 1. The fourth-order valence-corrected chi connectivity index (χ4v) is 2.38. The van der Waals surface area contributed by atoms with Crippen molar-refractivity contribution in [1.82, 2.24) is 4.90 Å². The normalized spacial score (nSPS) is 18.4. The fraction of sp³-hybridized carbons (Fsp3) is 0.467. The molecule has 0 aliphatic carbocycles. The number of hydrogen-bond acceptors (Lipinski definition) is 3. The minimum absolute atomic E-state index is 0.000756. The number of likely N-dealkylation sites (tertiary alicyclic amines) is 1. The van der Waals surface area contributed by atoms with Gasteiger partial charge in [0.25, 0.3) is 0 Å². The van der Waals surface area contributed by atoms with E-state index in [0.29, 0.717) is 18.9 Å². The highest BCUT2D eigenvalue weighted by Crippen LogP contribution is 2.22. The number of ether oxygens (including phenoxy) is 1. The number of hydrogen-bond donors (Lipinski definition) is 0. The first-order valence-electron chi connectivity index (χ1n) is 6.69. The molecule has 2 rings (SSSR count). The SMILES string of the molecule is CCC1CC(=O)N(CC(=O)c2ccc(OC)c(F)c2)C1. The number of methoxy groups -OCH3 is 1. The average molecular weight is 279 g/mol. The topological polar surface area (TPSA) is 46.6 Å². The molecule has 0 bridgehead atoms. The molecule has 108 valence electrons. The number of benzene rings is 1. The summed E-state index contributed by atoms with van der Waals surface area (Å²) in [5, 5.41) is 0. The van der Waals surface area contributed by atoms with Gasteiger partial charge in [0, 0.05) is 18.5 Å². The van der Waals surface area contributed by atoms with Crippen molar-refractivity contribution in [2.75, 3.05) is 20.2 Å². The maximum absolute atomic E-state index is 13.6. The molecule has 5 heteroatoms. The first-order chi connectivity index (χ1) is 9.55. The van der Waals surface area contributed by atoms with Gasteiger partial charge in [-0.05, 0) is 24.1 Å². The highest BCUT2D eigenvalue weighted by atomic mass is 19.1. The second kappa shape index (κ2) is 6.03. The van der Waals surface area contributed by atoms with Gasteiger partial charge in [0.1, 0.15) is 0 Å². The number of carbonyl (C=O) groups is 2. The van der Waals surface area contributed by atoms with E-state index in [1.54, 1.807) is 4.90 Å². The van der Waals surface area contributed by atoms with Crippen LogP contribution in [0.4, 0.5) is 4.39 Å². The lowest BCUT2D eigenvalue weighted by Gasteiger charge is -2.15. The molecule has 1 unspecified atom stereocenters. The van der Waals surface area contributed by atoms with Crippen molar-refractivity contribution < 1.29 is 18.7 Å². The van der Waals surface area contributed by atoms with Crippen LogP contribution in [0.1, 0.15) is 30.1 Å². The van der Waals surface area contributed by atoms with Crippen LogP contribution in [0.2, 0.25) is 0 Å². The van der Waals surface area contributed by atoms with Gasteiger partial charge >= 0.3 is 0 Å². The molecule has 0 N–H and O–H groups in total. The minimum Gasteiger partial charge on any atom is -0.494 e. The van der Waals surface area contributed by atoms with E-state index >= 15 is 0 Å². The molecule has 1 fully saturated rings. The van der Waals surface area contributed by atoms with Crippen LogP contribution < -0.4 is 4.74 Å². The van der Waals surface area contributed by atoms with Crippen LogP contribution in [-0.4, -0.2) is 36.8 Å². The number of rotatable bonds is 5. The zero-order valence-electron chi connectivity index (χ0n) is 11.7. The molecule has 1 saturated heterocycles. The van der Waals surface area contributed by atoms with E-state index in [2.05, 4.69) is 0 Å². The van der Waals surface area contributed by atoms with E-state index in [1.165, 1.54) is 19.2 Å².